The van der Waals surface area contributed by atoms with Crippen molar-refractivity contribution in [1.82, 2.24) is 9.62 Å². The molecule has 0 aromatic heterocycles. The predicted octanol–water partition coefficient (Wildman–Crippen LogP) is 3.50. The highest BCUT2D eigenvalue weighted by Gasteiger charge is 2.25. The molecule has 162 valence electrons. The molecule has 0 spiro atoms. The molecule has 2 aromatic carbocycles. The summed E-state index contributed by atoms with van der Waals surface area (Å²) >= 11 is 0. The van der Waals surface area contributed by atoms with Gasteiger partial charge in [0.05, 0.1) is 11.4 Å². The summed E-state index contributed by atoms with van der Waals surface area (Å²) < 4.78 is 27.8. The summed E-state index contributed by atoms with van der Waals surface area (Å²) in [5.41, 5.74) is 3.10. The number of anilines is 1. The Hall–Kier alpha value is -2.22. The molecule has 1 aliphatic rings. The number of amides is 1. The fraction of sp³-hybridized carbons (Fsp3) is 0.435. The number of likely N-dealkylation sites (tertiary alicyclic amines) is 1. The normalized spacial score (nSPS) is 16.0. The summed E-state index contributed by atoms with van der Waals surface area (Å²) in [4.78, 5) is 15.0. The predicted molar refractivity (Wildman–Crippen MR) is 120 cm³/mol. The van der Waals surface area contributed by atoms with E-state index in [-0.39, 0.29) is 16.8 Å². The van der Waals surface area contributed by atoms with Crippen molar-refractivity contribution in [2.45, 2.75) is 50.5 Å². The van der Waals surface area contributed by atoms with Crippen LogP contribution in [0.15, 0.2) is 53.4 Å². The Bertz CT molecular complexity index is 966. The fourth-order valence-corrected chi connectivity index (χ4v) is 5.15. The van der Waals surface area contributed by atoms with Crippen LogP contribution in [-0.4, -0.2) is 44.9 Å². The number of para-hydroxylation sites is 1. The largest absolute Gasteiger partial charge is 0.324 e. The smallest absolute Gasteiger partial charge is 0.240 e. The van der Waals surface area contributed by atoms with Crippen LogP contribution in [0, 0.1) is 6.92 Å². The summed E-state index contributed by atoms with van der Waals surface area (Å²) in [6.45, 7) is 7.91. The Morgan fingerprint density at radius 3 is 2.37 bits per heavy atom. The van der Waals surface area contributed by atoms with E-state index in [0.717, 1.165) is 16.8 Å². The molecule has 2 aromatic rings. The fourth-order valence-electron chi connectivity index (χ4n) is 3.82. The first-order valence-electron chi connectivity index (χ1n) is 10.5. The van der Waals surface area contributed by atoms with Crippen molar-refractivity contribution in [3.05, 3.63) is 59.7 Å². The Kier molecular flexibility index (Phi) is 7.28. The maximum absolute atomic E-state index is 12.6. The molecule has 0 bridgehead atoms. The molecular weight excluding hydrogens is 398 g/mol. The first kappa shape index (κ1) is 22.5. The molecule has 1 amide bonds. The molecule has 1 saturated heterocycles. The van der Waals surface area contributed by atoms with E-state index in [0.29, 0.717) is 38.4 Å². The second-order valence-corrected chi connectivity index (χ2v) is 9.94. The molecule has 0 unspecified atom stereocenters. The zero-order valence-electron chi connectivity index (χ0n) is 17.9. The van der Waals surface area contributed by atoms with Crippen molar-refractivity contribution >= 4 is 21.6 Å². The Labute approximate surface area is 179 Å². The van der Waals surface area contributed by atoms with Crippen LogP contribution in [-0.2, 0) is 14.8 Å². The van der Waals surface area contributed by atoms with Crippen molar-refractivity contribution in [1.29, 1.82) is 0 Å². The first-order valence-corrected chi connectivity index (χ1v) is 11.9. The van der Waals surface area contributed by atoms with Gasteiger partial charge in [0.15, 0.2) is 0 Å². The summed E-state index contributed by atoms with van der Waals surface area (Å²) in [6.07, 6.45) is 1.36. The molecule has 3 rings (SSSR count). The van der Waals surface area contributed by atoms with Crippen LogP contribution >= 0.6 is 0 Å². The minimum absolute atomic E-state index is 0.0329. The third-order valence-electron chi connectivity index (χ3n) is 5.52. The molecule has 6 nitrogen and oxygen atoms in total. The number of carbonyl (C=O) groups is 1. The summed E-state index contributed by atoms with van der Waals surface area (Å²) in [5, 5.41) is 3.09. The van der Waals surface area contributed by atoms with Crippen molar-refractivity contribution in [2.75, 3.05) is 25.0 Å². The van der Waals surface area contributed by atoms with Crippen molar-refractivity contribution in [3.8, 4) is 0 Å². The highest BCUT2D eigenvalue weighted by atomic mass is 32.2. The lowest BCUT2D eigenvalue weighted by Gasteiger charge is -2.31. The Morgan fingerprint density at radius 1 is 1.07 bits per heavy atom. The molecule has 0 aliphatic carbocycles. The van der Waals surface area contributed by atoms with Gasteiger partial charge in [0, 0.05) is 24.8 Å². The van der Waals surface area contributed by atoms with E-state index in [9.17, 15) is 13.2 Å². The van der Waals surface area contributed by atoms with Crippen molar-refractivity contribution in [2.24, 2.45) is 0 Å². The van der Waals surface area contributed by atoms with Gasteiger partial charge in [-0.25, -0.2) is 13.1 Å². The number of benzene rings is 2. The number of rotatable bonds is 7. The topological polar surface area (TPSA) is 78.5 Å². The number of sulfonamides is 1. The number of hydrogen-bond donors (Lipinski definition) is 2. The van der Waals surface area contributed by atoms with E-state index in [1.54, 1.807) is 30.3 Å². The molecule has 30 heavy (non-hydrogen) atoms. The van der Waals surface area contributed by atoms with Crippen LogP contribution in [0.1, 0.15) is 43.7 Å². The van der Waals surface area contributed by atoms with E-state index in [4.69, 9.17) is 0 Å². The van der Waals surface area contributed by atoms with Crippen molar-refractivity contribution < 1.29 is 13.2 Å². The lowest BCUT2D eigenvalue weighted by Crippen LogP contribution is -2.46. The maximum Gasteiger partial charge on any atom is 0.240 e. The van der Waals surface area contributed by atoms with Crippen LogP contribution in [0.25, 0.3) is 0 Å². The highest BCUT2D eigenvalue weighted by Crippen LogP contribution is 2.27. The minimum atomic E-state index is -3.51. The van der Waals surface area contributed by atoms with E-state index in [1.807, 2.05) is 19.1 Å². The van der Waals surface area contributed by atoms with Gasteiger partial charge in [-0.3, -0.25) is 9.69 Å². The van der Waals surface area contributed by atoms with Gasteiger partial charge >= 0.3 is 0 Å². The quantitative estimate of drug-likeness (QED) is 0.706. The average Bonchev–Trinajstić information content (AvgIpc) is 2.71. The Balaban J connectivity index is 1.52. The highest BCUT2D eigenvalue weighted by molar-refractivity contribution is 7.89. The number of nitrogens with zero attached hydrogens (tertiary/aromatic N) is 1. The monoisotopic (exact) mass is 429 g/mol. The number of aryl methyl sites for hydroxylation is 1. The second kappa shape index (κ2) is 9.73. The van der Waals surface area contributed by atoms with Crippen LogP contribution in [0.3, 0.4) is 0 Å². The molecule has 1 heterocycles. The van der Waals surface area contributed by atoms with Gasteiger partial charge in [0.2, 0.25) is 15.9 Å². The minimum Gasteiger partial charge on any atom is -0.324 e. The number of nitrogens with one attached hydrogen (secondary N) is 2. The molecule has 1 aliphatic heterocycles. The molecule has 2 N–H and O–H groups in total. The summed E-state index contributed by atoms with van der Waals surface area (Å²) in [7, 11) is -3.51. The zero-order chi connectivity index (χ0) is 21.7. The lowest BCUT2D eigenvalue weighted by molar-refractivity contribution is -0.117. The van der Waals surface area contributed by atoms with Crippen molar-refractivity contribution in [3.63, 3.8) is 0 Å². The maximum atomic E-state index is 12.6. The number of carbonyl (C=O) groups excluding carboxylic acids is 1. The SMILES string of the molecule is Cc1cccc(C(C)C)c1NC(=O)CN1CCC(NS(=O)(=O)c2ccccc2)CC1. The molecule has 0 radical (unpaired) electrons. The zero-order valence-corrected chi connectivity index (χ0v) is 18.7. The number of hydrogen-bond acceptors (Lipinski definition) is 4. The van der Waals surface area contributed by atoms with Crippen LogP contribution in [0.2, 0.25) is 0 Å². The van der Waals surface area contributed by atoms with Gasteiger partial charge in [-0.2, -0.15) is 0 Å². The van der Waals surface area contributed by atoms with Gasteiger partial charge in [-0.1, -0.05) is 50.2 Å². The Morgan fingerprint density at radius 2 is 1.73 bits per heavy atom. The van der Waals surface area contributed by atoms with Gasteiger partial charge in [0.25, 0.3) is 0 Å². The van der Waals surface area contributed by atoms with Gasteiger partial charge in [0.1, 0.15) is 0 Å². The molecular formula is C23H31N3O3S. The molecule has 7 heteroatoms. The third-order valence-corrected chi connectivity index (χ3v) is 7.06. The van der Waals surface area contributed by atoms with E-state index < -0.39 is 10.0 Å². The second-order valence-electron chi connectivity index (χ2n) is 8.23. The van der Waals surface area contributed by atoms with Gasteiger partial charge < -0.3 is 5.32 Å². The molecule has 0 atom stereocenters. The first-order chi connectivity index (χ1) is 14.3. The molecule has 0 saturated carbocycles. The van der Waals surface area contributed by atoms with Gasteiger partial charge in [-0.15, -0.1) is 0 Å². The number of piperidine rings is 1. The third kappa shape index (κ3) is 5.68. The van der Waals surface area contributed by atoms with E-state index in [2.05, 4.69) is 34.9 Å². The van der Waals surface area contributed by atoms with E-state index in [1.165, 1.54) is 0 Å². The lowest BCUT2D eigenvalue weighted by atomic mass is 9.98. The average molecular weight is 430 g/mol. The molecule has 1 fully saturated rings. The van der Waals surface area contributed by atoms with Crippen LogP contribution in [0.5, 0.6) is 0 Å². The summed E-state index contributed by atoms with van der Waals surface area (Å²) in [6, 6.07) is 14.4. The van der Waals surface area contributed by atoms with Crippen LogP contribution < -0.4 is 10.0 Å². The van der Waals surface area contributed by atoms with Gasteiger partial charge in [-0.05, 0) is 48.9 Å². The van der Waals surface area contributed by atoms with Crippen LogP contribution in [0.4, 0.5) is 5.69 Å². The summed E-state index contributed by atoms with van der Waals surface area (Å²) in [5.74, 6) is 0.295. The van der Waals surface area contributed by atoms with E-state index >= 15 is 0 Å². The standard InChI is InChI=1S/C23H31N3O3S/c1-17(2)21-11-7-8-18(3)23(21)24-22(27)16-26-14-12-19(13-15-26)25-30(28,29)20-9-5-4-6-10-20/h4-11,17,19,25H,12-16H2,1-3H3,(H,24,27).